The van der Waals surface area contributed by atoms with Gasteiger partial charge in [-0.3, -0.25) is 4.98 Å². The third kappa shape index (κ3) is 2.92. The van der Waals surface area contributed by atoms with Crippen molar-refractivity contribution in [2.75, 3.05) is 5.32 Å². The summed E-state index contributed by atoms with van der Waals surface area (Å²) in [5.74, 6) is -0.355. The van der Waals surface area contributed by atoms with Crippen LogP contribution in [-0.4, -0.2) is 4.98 Å². The van der Waals surface area contributed by atoms with E-state index in [-0.39, 0.29) is 11.9 Å². The minimum absolute atomic E-state index is 0.0958. The van der Waals surface area contributed by atoms with Crippen molar-refractivity contribution in [1.82, 2.24) is 4.98 Å². The van der Waals surface area contributed by atoms with Gasteiger partial charge < -0.3 is 5.32 Å². The first-order chi connectivity index (χ1) is 8.58. The van der Waals surface area contributed by atoms with Crippen LogP contribution in [0.1, 0.15) is 18.7 Å². The number of anilines is 1. The number of nitrogens with zero attached hydrogens (tertiary/aromatic N) is 1. The highest BCUT2D eigenvalue weighted by molar-refractivity contribution is 6.43. The van der Waals surface area contributed by atoms with E-state index < -0.39 is 0 Å². The van der Waals surface area contributed by atoms with Crippen molar-refractivity contribution >= 4 is 28.9 Å². The second-order valence-electron chi connectivity index (χ2n) is 3.87. The Labute approximate surface area is 115 Å². The van der Waals surface area contributed by atoms with Crippen LogP contribution in [0.2, 0.25) is 10.0 Å². The summed E-state index contributed by atoms with van der Waals surface area (Å²) in [6, 6.07) is 8.26. The summed E-state index contributed by atoms with van der Waals surface area (Å²) in [4.78, 5) is 4.01. The second-order valence-corrected chi connectivity index (χ2v) is 4.65. The molecular formula is C13H11Cl2FN2. The lowest BCUT2D eigenvalue weighted by atomic mass is 10.2. The van der Waals surface area contributed by atoms with E-state index in [1.165, 1.54) is 12.3 Å². The van der Waals surface area contributed by atoms with Crippen molar-refractivity contribution in [1.29, 1.82) is 0 Å². The summed E-state index contributed by atoms with van der Waals surface area (Å²) in [6.07, 6.45) is 1.19. The first-order valence-electron chi connectivity index (χ1n) is 5.40. The van der Waals surface area contributed by atoms with Gasteiger partial charge in [0.05, 0.1) is 33.7 Å². The van der Waals surface area contributed by atoms with Crippen molar-refractivity contribution in [2.24, 2.45) is 0 Å². The van der Waals surface area contributed by atoms with E-state index in [1.54, 1.807) is 18.2 Å². The van der Waals surface area contributed by atoms with Gasteiger partial charge in [-0.1, -0.05) is 29.3 Å². The highest BCUT2D eigenvalue weighted by atomic mass is 35.5. The Kier molecular flexibility index (Phi) is 4.04. The molecule has 1 unspecified atom stereocenters. The molecule has 5 heteroatoms. The average Bonchev–Trinajstić information content (AvgIpc) is 2.36. The van der Waals surface area contributed by atoms with Crippen molar-refractivity contribution in [2.45, 2.75) is 13.0 Å². The molecule has 94 valence electrons. The number of hydrogen-bond acceptors (Lipinski definition) is 2. The molecule has 18 heavy (non-hydrogen) atoms. The number of aromatic nitrogens is 1. The Hall–Kier alpha value is -1.32. The fourth-order valence-corrected chi connectivity index (χ4v) is 1.92. The van der Waals surface area contributed by atoms with Crippen LogP contribution in [0.5, 0.6) is 0 Å². The van der Waals surface area contributed by atoms with Crippen LogP contribution in [0.15, 0.2) is 36.5 Å². The summed E-state index contributed by atoms with van der Waals surface area (Å²) in [6.45, 7) is 1.91. The smallest absolute Gasteiger partial charge is 0.141 e. The van der Waals surface area contributed by atoms with E-state index in [0.717, 1.165) is 11.4 Å². The van der Waals surface area contributed by atoms with Crippen LogP contribution >= 0.6 is 23.2 Å². The third-order valence-electron chi connectivity index (χ3n) is 2.52. The van der Waals surface area contributed by atoms with Crippen LogP contribution < -0.4 is 5.32 Å². The molecule has 0 aliphatic rings. The van der Waals surface area contributed by atoms with Gasteiger partial charge in [0.2, 0.25) is 0 Å². The normalized spacial score (nSPS) is 12.2. The Morgan fingerprint density at radius 1 is 1.22 bits per heavy atom. The third-order valence-corrected chi connectivity index (χ3v) is 3.34. The zero-order chi connectivity index (χ0) is 13.1. The van der Waals surface area contributed by atoms with Crippen LogP contribution in [0, 0.1) is 5.82 Å². The largest absolute Gasteiger partial charge is 0.376 e. The van der Waals surface area contributed by atoms with Gasteiger partial charge in [-0.25, -0.2) is 4.39 Å². The highest BCUT2D eigenvalue weighted by Crippen LogP contribution is 2.31. The van der Waals surface area contributed by atoms with Gasteiger partial charge in [0, 0.05) is 0 Å². The Bertz CT molecular complexity index is 543. The quantitative estimate of drug-likeness (QED) is 0.884. The highest BCUT2D eigenvalue weighted by Gasteiger charge is 2.10. The van der Waals surface area contributed by atoms with Crippen molar-refractivity contribution in [3.05, 3.63) is 58.1 Å². The minimum Gasteiger partial charge on any atom is -0.376 e. The maximum atomic E-state index is 12.8. The number of pyridine rings is 1. The molecule has 0 bridgehead atoms. The predicted octanol–water partition coefficient (Wildman–Crippen LogP) is 4.70. The van der Waals surface area contributed by atoms with Gasteiger partial charge in [-0.2, -0.15) is 0 Å². The maximum Gasteiger partial charge on any atom is 0.141 e. The molecule has 1 aromatic carbocycles. The monoisotopic (exact) mass is 284 g/mol. The Morgan fingerprint density at radius 2 is 2.00 bits per heavy atom. The molecule has 0 saturated heterocycles. The van der Waals surface area contributed by atoms with Gasteiger partial charge in [0.15, 0.2) is 0 Å². The lowest BCUT2D eigenvalue weighted by molar-refractivity contribution is 0.617. The van der Waals surface area contributed by atoms with Crippen LogP contribution in [0.4, 0.5) is 10.1 Å². The second kappa shape index (κ2) is 5.55. The lowest BCUT2D eigenvalue weighted by Crippen LogP contribution is -2.08. The van der Waals surface area contributed by atoms with Gasteiger partial charge in [-0.15, -0.1) is 0 Å². The number of nitrogens with one attached hydrogen (secondary N) is 1. The van der Waals surface area contributed by atoms with Crippen LogP contribution in [0.25, 0.3) is 0 Å². The zero-order valence-corrected chi connectivity index (χ0v) is 11.1. The Morgan fingerprint density at radius 3 is 2.67 bits per heavy atom. The minimum atomic E-state index is -0.355. The van der Waals surface area contributed by atoms with Crippen molar-refractivity contribution in [3.8, 4) is 0 Å². The Balaban J connectivity index is 2.18. The fourth-order valence-electron chi connectivity index (χ4n) is 1.57. The molecule has 0 saturated carbocycles. The van der Waals surface area contributed by atoms with Gasteiger partial charge in [0.25, 0.3) is 0 Å². The van der Waals surface area contributed by atoms with Crippen molar-refractivity contribution in [3.63, 3.8) is 0 Å². The molecule has 0 fully saturated rings. The molecule has 0 aliphatic carbocycles. The van der Waals surface area contributed by atoms with Crippen molar-refractivity contribution < 1.29 is 4.39 Å². The average molecular weight is 285 g/mol. The summed E-state index contributed by atoms with van der Waals surface area (Å²) in [5.41, 5.74) is 1.45. The molecule has 1 N–H and O–H groups in total. The molecule has 1 atom stereocenters. The predicted molar refractivity (Wildman–Crippen MR) is 72.7 cm³/mol. The van der Waals surface area contributed by atoms with E-state index in [2.05, 4.69) is 10.3 Å². The fraction of sp³-hybridized carbons (Fsp3) is 0.154. The molecular weight excluding hydrogens is 274 g/mol. The molecule has 0 aliphatic heterocycles. The first kappa shape index (κ1) is 13.1. The number of benzene rings is 1. The molecule has 2 aromatic rings. The SMILES string of the molecule is CC(Nc1cccc(Cl)c1Cl)c1ccc(F)cn1. The summed E-state index contributed by atoms with van der Waals surface area (Å²) < 4.78 is 12.8. The molecule has 0 radical (unpaired) electrons. The molecule has 2 nitrogen and oxygen atoms in total. The maximum absolute atomic E-state index is 12.8. The van der Waals surface area contributed by atoms with Crippen LogP contribution in [-0.2, 0) is 0 Å². The molecule has 1 aromatic heterocycles. The van der Waals surface area contributed by atoms with E-state index >= 15 is 0 Å². The standard InChI is InChI=1S/C13H11Cl2FN2/c1-8(11-6-5-9(16)7-17-11)18-12-4-2-3-10(14)13(12)15/h2-8,18H,1H3. The van der Waals surface area contributed by atoms with E-state index in [0.29, 0.717) is 10.0 Å². The number of rotatable bonds is 3. The van der Waals surface area contributed by atoms with Gasteiger partial charge in [-0.05, 0) is 31.2 Å². The molecule has 1 heterocycles. The van der Waals surface area contributed by atoms with E-state index in [9.17, 15) is 4.39 Å². The first-order valence-corrected chi connectivity index (χ1v) is 6.15. The van der Waals surface area contributed by atoms with E-state index in [1.807, 2.05) is 13.0 Å². The molecule has 0 spiro atoms. The lowest BCUT2D eigenvalue weighted by Gasteiger charge is -2.16. The van der Waals surface area contributed by atoms with E-state index in [4.69, 9.17) is 23.2 Å². The number of hydrogen-bond donors (Lipinski definition) is 1. The molecule has 2 rings (SSSR count). The zero-order valence-electron chi connectivity index (χ0n) is 9.62. The summed E-state index contributed by atoms with van der Waals surface area (Å²) in [7, 11) is 0. The molecule has 0 amide bonds. The summed E-state index contributed by atoms with van der Waals surface area (Å²) in [5, 5.41) is 4.14. The van der Waals surface area contributed by atoms with Gasteiger partial charge in [0.1, 0.15) is 5.82 Å². The number of halogens is 3. The topological polar surface area (TPSA) is 24.9 Å². The van der Waals surface area contributed by atoms with Crippen LogP contribution in [0.3, 0.4) is 0 Å². The van der Waals surface area contributed by atoms with Gasteiger partial charge >= 0.3 is 0 Å². The summed E-state index contributed by atoms with van der Waals surface area (Å²) >= 11 is 12.0.